The Morgan fingerprint density at radius 3 is 1.53 bits per heavy atom. The number of ether oxygens (including phenoxy) is 1. The van der Waals surface area contributed by atoms with E-state index in [0.717, 1.165) is 0 Å². The van der Waals surface area contributed by atoms with Crippen LogP contribution >= 0.6 is 0 Å². The molecule has 0 unspecified atom stereocenters. The molecule has 0 heterocycles. The largest absolute Gasteiger partial charge is 0.575 e. The van der Waals surface area contributed by atoms with E-state index in [1.807, 2.05) is 0 Å². The van der Waals surface area contributed by atoms with Crippen molar-refractivity contribution in [3.8, 4) is 0 Å². The van der Waals surface area contributed by atoms with E-state index in [1.165, 1.54) is 0 Å². The minimum Gasteiger partial charge on any atom is -0.373 e. The van der Waals surface area contributed by atoms with Crippen LogP contribution < -0.4 is 0 Å². The van der Waals surface area contributed by atoms with Gasteiger partial charge in [0.1, 0.15) is 0 Å². The summed E-state index contributed by atoms with van der Waals surface area (Å²) in [5.74, 6) is -11.0. The Bertz CT molecular complexity index is 442. The number of halogens is 8. The van der Waals surface area contributed by atoms with Crippen LogP contribution in [0.3, 0.4) is 0 Å². The highest BCUT2D eigenvalue weighted by atomic mass is 19.4. The van der Waals surface area contributed by atoms with Crippen molar-refractivity contribution in [3.05, 3.63) is 35.2 Å². The fourth-order valence-corrected chi connectivity index (χ4v) is 0.707. The van der Waals surface area contributed by atoms with Crippen molar-refractivity contribution in [1.29, 1.82) is 0 Å². The van der Waals surface area contributed by atoms with Gasteiger partial charge in [0, 0.05) is 13.0 Å². The molecule has 1 aromatic carbocycles. The summed E-state index contributed by atoms with van der Waals surface area (Å²) in [4.78, 5) is 9.52. The van der Waals surface area contributed by atoms with E-state index in [2.05, 4.69) is 4.74 Å². The Kier molecular flexibility index (Phi) is 5.72. The fraction of sp³-hybridized carbons (Fsp3) is 0.222. The van der Waals surface area contributed by atoms with Crippen molar-refractivity contribution in [3.63, 3.8) is 0 Å². The lowest BCUT2D eigenvalue weighted by atomic mass is 10.3. The average Bonchev–Trinajstić information content (AvgIpc) is 2.21. The standard InChI is InChI=1S/C6HF5.C3H3F3O2/c7-2-1-3(8)5(10)6(11)4(2)9;1-2(7)8-3(4,5)6/h1H;1H3. The molecule has 0 aliphatic rings. The number of carbonyl (C=O) groups is 1. The van der Waals surface area contributed by atoms with E-state index in [1.54, 1.807) is 0 Å². The van der Waals surface area contributed by atoms with Gasteiger partial charge in [-0.3, -0.25) is 4.79 Å². The average molecular weight is 296 g/mol. The Balaban J connectivity index is 0.000000362. The number of benzene rings is 1. The predicted molar refractivity (Wildman–Crippen MR) is 44.1 cm³/mol. The second-order valence-corrected chi connectivity index (χ2v) is 2.82. The second kappa shape index (κ2) is 6.34. The molecule has 108 valence electrons. The maximum Gasteiger partial charge on any atom is 0.575 e. The third kappa shape index (κ3) is 6.02. The molecule has 0 saturated carbocycles. The van der Waals surface area contributed by atoms with Crippen LogP contribution in [-0.2, 0) is 9.53 Å². The second-order valence-electron chi connectivity index (χ2n) is 2.82. The first-order valence-corrected chi connectivity index (χ1v) is 4.20. The number of esters is 1. The number of carbonyl (C=O) groups excluding carboxylic acids is 1. The Labute approximate surface area is 100 Å². The van der Waals surface area contributed by atoms with E-state index in [-0.39, 0.29) is 6.07 Å². The molecule has 0 saturated heterocycles. The number of alkyl halides is 3. The van der Waals surface area contributed by atoms with Gasteiger partial charge in [0.05, 0.1) is 0 Å². The van der Waals surface area contributed by atoms with Crippen LogP contribution in [0.5, 0.6) is 0 Å². The van der Waals surface area contributed by atoms with Crippen LogP contribution in [0.15, 0.2) is 6.07 Å². The van der Waals surface area contributed by atoms with Gasteiger partial charge in [-0.15, -0.1) is 13.2 Å². The van der Waals surface area contributed by atoms with Crippen LogP contribution in [0.2, 0.25) is 0 Å². The molecule has 0 aliphatic heterocycles. The lowest BCUT2D eigenvalue weighted by Gasteiger charge is -2.02. The molecule has 0 radical (unpaired) electrons. The van der Waals surface area contributed by atoms with Crippen LogP contribution in [0, 0.1) is 29.1 Å². The first-order chi connectivity index (χ1) is 8.45. The molecule has 0 amide bonds. The molecule has 0 bridgehead atoms. The molecule has 10 heteroatoms. The first-order valence-electron chi connectivity index (χ1n) is 4.20. The molecule has 0 N–H and O–H groups in total. The summed E-state index contributed by atoms with van der Waals surface area (Å²) in [6.45, 7) is 0.688. The zero-order chi connectivity index (χ0) is 15.4. The van der Waals surface area contributed by atoms with Gasteiger partial charge >= 0.3 is 12.3 Å². The zero-order valence-electron chi connectivity index (χ0n) is 8.92. The highest BCUT2D eigenvalue weighted by molar-refractivity contribution is 5.66. The van der Waals surface area contributed by atoms with Gasteiger partial charge in [0.15, 0.2) is 23.3 Å². The predicted octanol–water partition coefficient (Wildman–Crippen LogP) is 3.45. The summed E-state index contributed by atoms with van der Waals surface area (Å²) >= 11 is 0. The highest BCUT2D eigenvalue weighted by Crippen LogP contribution is 2.17. The lowest BCUT2D eigenvalue weighted by Crippen LogP contribution is -2.16. The number of hydrogen-bond acceptors (Lipinski definition) is 2. The van der Waals surface area contributed by atoms with Crippen LogP contribution in [-0.4, -0.2) is 12.3 Å². The Hall–Kier alpha value is -1.87. The smallest absolute Gasteiger partial charge is 0.373 e. The van der Waals surface area contributed by atoms with Crippen molar-refractivity contribution in [2.75, 3.05) is 0 Å². The van der Waals surface area contributed by atoms with Crippen molar-refractivity contribution in [2.45, 2.75) is 13.3 Å². The topological polar surface area (TPSA) is 26.3 Å². The highest BCUT2D eigenvalue weighted by Gasteiger charge is 2.32. The Morgan fingerprint density at radius 1 is 0.947 bits per heavy atom. The van der Waals surface area contributed by atoms with Crippen LogP contribution in [0.1, 0.15) is 6.92 Å². The summed E-state index contributed by atoms with van der Waals surface area (Å²) < 4.78 is 95.4. The van der Waals surface area contributed by atoms with E-state index < -0.39 is 41.4 Å². The first kappa shape index (κ1) is 17.1. The molecule has 1 rings (SSSR count). The van der Waals surface area contributed by atoms with Gasteiger partial charge < -0.3 is 4.74 Å². The maximum atomic E-state index is 12.0. The Morgan fingerprint density at radius 2 is 1.32 bits per heavy atom. The zero-order valence-corrected chi connectivity index (χ0v) is 8.92. The van der Waals surface area contributed by atoms with Gasteiger partial charge in [-0.05, 0) is 0 Å². The molecule has 0 fully saturated rings. The summed E-state index contributed by atoms with van der Waals surface area (Å²) in [5, 5.41) is 0. The van der Waals surface area contributed by atoms with E-state index in [4.69, 9.17) is 0 Å². The van der Waals surface area contributed by atoms with E-state index in [0.29, 0.717) is 6.92 Å². The van der Waals surface area contributed by atoms with Gasteiger partial charge in [0.25, 0.3) is 0 Å². The molecule has 0 aliphatic carbocycles. The minimum absolute atomic E-state index is 0.0618. The van der Waals surface area contributed by atoms with Gasteiger partial charge in [-0.2, -0.15) is 0 Å². The van der Waals surface area contributed by atoms with Crippen molar-refractivity contribution in [1.82, 2.24) is 0 Å². The number of hydrogen-bond donors (Lipinski definition) is 0. The van der Waals surface area contributed by atoms with Crippen molar-refractivity contribution in [2.24, 2.45) is 0 Å². The molecule has 0 atom stereocenters. The van der Waals surface area contributed by atoms with Crippen LogP contribution in [0.25, 0.3) is 0 Å². The minimum atomic E-state index is -4.83. The van der Waals surface area contributed by atoms with Crippen molar-refractivity contribution < 1.29 is 44.7 Å². The SMILES string of the molecule is CC(=O)OC(F)(F)F.Fc1cc(F)c(F)c(F)c1F. The normalized spacial score (nSPS) is 10.6. The summed E-state index contributed by atoms with van der Waals surface area (Å²) in [6.07, 6.45) is -4.83. The van der Waals surface area contributed by atoms with E-state index in [9.17, 15) is 39.9 Å². The molecule has 1 aromatic rings. The third-order valence-electron chi connectivity index (χ3n) is 1.32. The van der Waals surface area contributed by atoms with Gasteiger partial charge in [-0.1, -0.05) is 0 Å². The van der Waals surface area contributed by atoms with Gasteiger partial charge in [0.2, 0.25) is 5.82 Å². The monoisotopic (exact) mass is 296 g/mol. The maximum absolute atomic E-state index is 12.0. The molecule has 19 heavy (non-hydrogen) atoms. The third-order valence-corrected chi connectivity index (χ3v) is 1.32. The molecule has 0 aromatic heterocycles. The molecule has 0 spiro atoms. The van der Waals surface area contributed by atoms with Crippen molar-refractivity contribution >= 4 is 5.97 Å². The quantitative estimate of drug-likeness (QED) is 0.317. The van der Waals surface area contributed by atoms with Crippen LogP contribution in [0.4, 0.5) is 35.1 Å². The fourth-order valence-electron chi connectivity index (χ4n) is 0.707. The van der Waals surface area contributed by atoms with Gasteiger partial charge in [-0.25, -0.2) is 22.0 Å². The number of rotatable bonds is 0. The molecular formula is C9H4F8O2. The summed E-state index contributed by atoms with van der Waals surface area (Å²) in [5.41, 5.74) is 0. The molecule has 2 nitrogen and oxygen atoms in total. The lowest BCUT2D eigenvalue weighted by molar-refractivity contribution is -0.304. The van der Waals surface area contributed by atoms with E-state index >= 15 is 0 Å². The summed E-state index contributed by atoms with van der Waals surface area (Å²) in [7, 11) is 0. The summed E-state index contributed by atoms with van der Waals surface area (Å²) in [6, 6.07) is -0.0618. The molecular weight excluding hydrogens is 292 g/mol.